The molecule has 1 aliphatic rings. The van der Waals surface area contributed by atoms with E-state index in [0.29, 0.717) is 18.7 Å². The minimum atomic E-state index is -5.19. The van der Waals surface area contributed by atoms with E-state index in [1.54, 1.807) is 16.8 Å². The van der Waals surface area contributed by atoms with Crippen molar-refractivity contribution in [3.8, 4) is 0 Å². The van der Waals surface area contributed by atoms with Crippen LogP contribution in [0, 0.1) is 11.6 Å². The predicted molar refractivity (Wildman–Crippen MR) is 122 cm³/mol. The second-order valence-electron chi connectivity index (χ2n) is 8.66. The number of aliphatic carboxylic acids is 1. The van der Waals surface area contributed by atoms with Crippen molar-refractivity contribution >= 4 is 17.6 Å². The van der Waals surface area contributed by atoms with Crippen LogP contribution in [0.3, 0.4) is 0 Å². The maximum Gasteiger partial charge on any atom is 0.430 e. The van der Waals surface area contributed by atoms with Crippen LogP contribution in [0.1, 0.15) is 17.0 Å². The van der Waals surface area contributed by atoms with Crippen molar-refractivity contribution in [1.82, 2.24) is 9.80 Å². The molecule has 0 saturated carbocycles. The van der Waals surface area contributed by atoms with Gasteiger partial charge in [-0.15, -0.1) is 0 Å². The van der Waals surface area contributed by atoms with Crippen molar-refractivity contribution in [2.45, 2.75) is 12.1 Å². The third-order valence-electron chi connectivity index (χ3n) is 5.46. The number of urea groups is 1. The van der Waals surface area contributed by atoms with Crippen LogP contribution in [0.4, 0.5) is 26.7 Å². The number of benzene rings is 2. The summed E-state index contributed by atoms with van der Waals surface area (Å²) < 4.78 is 59.8. The number of carboxylic acids is 1. The molecule has 0 fully saturated rings. The molecule has 0 radical (unpaired) electrons. The molecule has 3 rings (SSSR count). The molecule has 1 atom stereocenters. The number of carbonyl (C=O) groups excluding carboxylic acids is 2. The van der Waals surface area contributed by atoms with Crippen LogP contribution < -0.4 is 10.0 Å². The number of hydrogen-bond acceptors (Lipinski definition) is 3. The fourth-order valence-corrected chi connectivity index (χ4v) is 3.55. The molecule has 2 aromatic rings. The standard InChI is InChI=1S/C23H27F2N3O.C2HF3O2/c1-26(2)11-12-27(3)23(29)28-15-18(17-7-5-4-6-8-17)13-19(16-28)21-14-20(24)9-10-22(21)25;3-2(4,5)1(6)7/h4-10,13-14,18H,11-12,15-16H2,1-3H3;(H,6,7). The molecule has 36 heavy (non-hydrogen) atoms. The van der Waals surface area contributed by atoms with Crippen molar-refractivity contribution < 1.29 is 41.5 Å². The van der Waals surface area contributed by atoms with Crippen LogP contribution in [-0.2, 0) is 4.79 Å². The molecule has 0 aromatic heterocycles. The van der Waals surface area contributed by atoms with Gasteiger partial charge in [-0.1, -0.05) is 36.4 Å². The highest BCUT2D eigenvalue weighted by molar-refractivity contribution is 5.79. The molecular weight excluding hydrogens is 485 g/mol. The molecule has 0 aliphatic carbocycles. The van der Waals surface area contributed by atoms with Crippen molar-refractivity contribution in [2.75, 3.05) is 47.3 Å². The normalized spacial score (nSPS) is 15.6. The van der Waals surface area contributed by atoms with Gasteiger partial charge in [-0.2, -0.15) is 13.2 Å². The number of halogens is 5. The largest absolute Gasteiger partial charge is 0.542 e. The van der Waals surface area contributed by atoms with Crippen LogP contribution in [0.25, 0.3) is 5.57 Å². The lowest BCUT2D eigenvalue weighted by Crippen LogP contribution is -3.06. The molecular formula is C25H28F5N3O3. The van der Waals surface area contributed by atoms with Gasteiger partial charge in [0.25, 0.3) is 0 Å². The molecule has 1 unspecified atom stereocenters. The summed E-state index contributed by atoms with van der Waals surface area (Å²) in [7, 11) is 5.86. The van der Waals surface area contributed by atoms with Gasteiger partial charge < -0.3 is 24.6 Å². The molecule has 2 amide bonds. The Morgan fingerprint density at radius 3 is 2.28 bits per heavy atom. The first-order valence-electron chi connectivity index (χ1n) is 11.1. The maximum atomic E-state index is 14.5. The molecule has 196 valence electrons. The SMILES string of the molecule is CN(CC[NH+](C)C)C(=O)N1CC(c2cc(F)ccc2F)=CC(c2ccccc2)C1.O=C([O-])C(F)(F)F. The maximum absolute atomic E-state index is 14.5. The highest BCUT2D eigenvalue weighted by Gasteiger charge is 2.29. The Balaban J connectivity index is 0.000000572. The lowest BCUT2D eigenvalue weighted by molar-refractivity contribution is -0.857. The molecule has 0 saturated heterocycles. The quantitative estimate of drug-likeness (QED) is 0.622. The Bertz CT molecular complexity index is 1070. The second-order valence-corrected chi connectivity index (χ2v) is 8.66. The number of carbonyl (C=O) groups is 2. The summed E-state index contributed by atoms with van der Waals surface area (Å²) in [5.41, 5.74) is 1.88. The molecule has 1 heterocycles. The Morgan fingerprint density at radius 2 is 1.72 bits per heavy atom. The fraction of sp³-hybridized carbons (Fsp3) is 0.360. The molecule has 1 N–H and O–H groups in total. The van der Waals surface area contributed by atoms with E-state index in [2.05, 4.69) is 0 Å². The van der Waals surface area contributed by atoms with Crippen molar-refractivity contribution in [3.63, 3.8) is 0 Å². The third-order valence-corrected chi connectivity index (χ3v) is 5.46. The van der Waals surface area contributed by atoms with Crippen molar-refractivity contribution in [1.29, 1.82) is 0 Å². The fourth-order valence-electron chi connectivity index (χ4n) is 3.55. The summed E-state index contributed by atoms with van der Waals surface area (Å²) in [5, 5.41) is 8.78. The van der Waals surface area contributed by atoms with Crippen LogP contribution in [0.15, 0.2) is 54.6 Å². The molecule has 6 nitrogen and oxygen atoms in total. The zero-order valence-corrected chi connectivity index (χ0v) is 20.1. The van der Waals surface area contributed by atoms with Crippen LogP contribution in [0.5, 0.6) is 0 Å². The van der Waals surface area contributed by atoms with Gasteiger partial charge >= 0.3 is 12.2 Å². The van der Waals surface area contributed by atoms with E-state index in [0.717, 1.165) is 24.2 Å². The number of amides is 2. The van der Waals surface area contributed by atoms with Crippen molar-refractivity contribution in [3.05, 3.63) is 77.4 Å². The average Bonchev–Trinajstić information content (AvgIpc) is 2.83. The first kappa shape index (κ1) is 28.8. The van der Waals surface area contributed by atoms with Gasteiger partial charge in [0.1, 0.15) is 17.6 Å². The zero-order chi connectivity index (χ0) is 27.0. The number of rotatable bonds is 5. The van der Waals surface area contributed by atoms with E-state index < -0.39 is 23.8 Å². The lowest BCUT2D eigenvalue weighted by atomic mass is 9.90. The highest BCUT2D eigenvalue weighted by Crippen LogP contribution is 2.31. The van der Waals surface area contributed by atoms with Crippen LogP contribution in [0.2, 0.25) is 0 Å². The number of carboxylic acid groups (broad SMARTS) is 1. The molecule has 11 heteroatoms. The van der Waals surface area contributed by atoms with Gasteiger partial charge in [-0.05, 0) is 29.3 Å². The highest BCUT2D eigenvalue weighted by atomic mass is 19.4. The number of nitrogens with zero attached hydrogens (tertiary/aromatic N) is 2. The van der Waals surface area contributed by atoms with E-state index in [1.165, 1.54) is 11.0 Å². The molecule has 1 aliphatic heterocycles. The minimum Gasteiger partial charge on any atom is -0.542 e. The average molecular weight is 514 g/mol. The monoisotopic (exact) mass is 513 g/mol. The molecule has 0 spiro atoms. The number of likely N-dealkylation sites (N-methyl/N-ethyl adjacent to an activating group) is 2. The van der Waals surface area contributed by atoms with Gasteiger partial charge in [0.15, 0.2) is 0 Å². The third kappa shape index (κ3) is 8.33. The van der Waals surface area contributed by atoms with E-state index in [4.69, 9.17) is 9.90 Å². The summed E-state index contributed by atoms with van der Waals surface area (Å²) in [5.74, 6) is -4.07. The number of hydrogen-bond donors (Lipinski definition) is 1. The van der Waals surface area contributed by atoms with E-state index in [-0.39, 0.29) is 24.1 Å². The number of quaternary nitrogens is 1. The van der Waals surface area contributed by atoms with Crippen LogP contribution >= 0.6 is 0 Å². The molecule has 2 aromatic carbocycles. The van der Waals surface area contributed by atoms with Gasteiger partial charge in [0.2, 0.25) is 0 Å². The van der Waals surface area contributed by atoms with Gasteiger partial charge in [-0.3, -0.25) is 0 Å². The van der Waals surface area contributed by atoms with Gasteiger partial charge in [-0.25, -0.2) is 13.6 Å². The Morgan fingerprint density at radius 1 is 1.11 bits per heavy atom. The van der Waals surface area contributed by atoms with Gasteiger partial charge in [0, 0.05) is 31.6 Å². The Kier molecular flexibility index (Phi) is 9.97. The first-order valence-corrected chi connectivity index (χ1v) is 11.1. The van der Waals surface area contributed by atoms with E-state index in [9.17, 15) is 26.7 Å². The summed E-state index contributed by atoms with van der Waals surface area (Å²) in [6.45, 7) is 2.21. The minimum absolute atomic E-state index is 0.0839. The Labute approximate surface area is 206 Å². The summed E-state index contributed by atoms with van der Waals surface area (Å²) in [4.78, 5) is 26.5. The molecule has 0 bridgehead atoms. The lowest BCUT2D eigenvalue weighted by Gasteiger charge is -2.35. The first-order chi connectivity index (χ1) is 16.8. The Hall–Kier alpha value is -3.47. The van der Waals surface area contributed by atoms with E-state index in [1.807, 2.05) is 50.5 Å². The number of nitrogens with one attached hydrogen (secondary N) is 1. The predicted octanol–water partition coefficient (Wildman–Crippen LogP) is 1.94. The summed E-state index contributed by atoms with van der Waals surface area (Å²) in [6, 6.07) is 13.2. The van der Waals surface area contributed by atoms with Crippen LogP contribution in [-0.4, -0.2) is 75.3 Å². The van der Waals surface area contributed by atoms with E-state index >= 15 is 0 Å². The zero-order valence-electron chi connectivity index (χ0n) is 20.1. The second kappa shape index (κ2) is 12.5. The van der Waals surface area contributed by atoms with Crippen molar-refractivity contribution in [2.24, 2.45) is 0 Å². The number of alkyl halides is 3. The summed E-state index contributed by atoms with van der Waals surface area (Å²) in [6.07, 6.45) is -3.24. The summed E-state index contributed by atoms with van der Waals surface area (Å²) >= 11 is 0. The van der Waals surface area contributed by atoms with Gasteiger partial charge in [0.05, 0.1) is 27.2 Å². The topological polar surface area (TPSA) is 68.1 Å². The smallest absolute Gasteiger partial charge is 0.430 e.